The molecule has 1 aliphatic carbocycles. The molecule has 5 N–H and O–H groups in total. The van der Waals surface area contributed by atoms with Crippen LogP contribution >= 0.6 is 0 Å². The van der Waals surface area contributed by atoms with Gasteiger partial charge in [0.05, 0.1) is 11.0 Å². The van der Waals surface area contributed by atoms with E-state index in [0.717, 1.165) is 65.1 Å². The first-order valence-corrected chi connectivity index (χ1v) is 16.4. The lowest BCUT2D eigenvalue weighted by Crippen LogP contribution is -2.34. The molecule has 4 aromatic carbocycles. The lowest BCUT2D eigenvalue weighted by atomic mass is 9.87. The summed E-state index contributed by atoms with van der Waals surface area (Å²) in [5, 5.41) is 10.0. The lowest BCUT2D eigenvalue weighted by Gasteiger charge is -2.23. The number of nitrogens with one attached hydrogen (secondary N) is 1. The molecule has 0 unspecified atom stereocenters. The third kappa shape index (κ3) is 7.26. The van der Waals surface area contributed by atoms with Gasteiger partial charge in [0.15, 0.2) is 0 Å². The van der Waals surface area contributed by atoms with E-state index in [4.69, 9.17) is 21.9 Å². The highest BCUT2D eigenvalue weighted by Gasteiger charge is 2.20. The van der Waals surface area contributed by atoms with E-state index in [2.05, 4.69) is 41.0 Å². The number of benzene rings is 4. The molecule has 0 radical (unpaired) electrons. The summed E-state index contributed by atoms with van der Waals surface area (Å²) in [5.74, 6) is 1.87. The summed E-state index contributed by atoms with van der Waals surface area (Å²) in [7, 11) is 0. The Hall–Kier alpha value is -4.49. The molecule has 232 valence electrons. The van der Waals surface area contributed by atoms with Gasteiger partial charge >= 0.3 is 0 Å². The van der Waals surface area contributed by atoms with Crippen molar-refractivity contribution in [3.8, 4) is 0 Å². The number of nitrogens with zero attached hydrogens (tertiary/aromatic N) is 3. The van der Waals surface area contributed by atoms with Crippen LogP contribution in [0, 0.1) is 11.3 Å². The summed E-state index contributed by atoms with van der Waals surface area (Å²) in [6.45, 7) is 2.32. The van der Waals surface area contributed by atoms with E-state index < -0.39 is 0 Å². The van der Waals surface area contributed by atoms with Gasteiger partial charge in [-0.2, -0.15) is 0 Å². The van der Waals surface area contributed by atoms with Crippen LogP contribution in [-0.4, -0.2) is 39.3 Å². The number of amides is 1. The smallest absolute Gasteiger partial charge is 0.254 e. The van der Waals surface area contributed by atoms with Gasteiger partial charge in [0.25, 0.3) is 5.91 Å². The number of nitrogen functional groups attached to an aromatic ring is 1. The number of carbonyl (C=O) groups excluding carboxylic acids is 1. The molecular formula is C38H44N6O. The highest BCUT2D eigenvalue weighted by molar-refractivity contribution is 5.97. The standard InChI is InChI=1S/C38H44N6O/c39-21-23-43(26-29-12-14-30-8-4-5-9-32(30)24-29)38(45)33-17-18-35-34(25-33)42-36(44(35)22-20-27-6-2-1-3-7-27)19-13-28-10-15-31(16-11-28)37(40)41/h4-5,8-12,14-18,24-25,27H,1-3,6-7,13,19-23,26,39H2,(H3,40,41). The van der Waals surface area contributed by atoms with Gasteiger partial charge in [-0.1, -0.05) is 92.8 Å². The van der Waals surface area contributed by atoms with E-state index >= 15 is 0 Å². The lowest BCUT2D eigenvalue weighted by molar-refractivity contribution is 0.0748. The van der Waals surface area contributed by atoms with E-state index in [1.807, 2.05) is 53.4 Å². The number of imidazole rings is 1. The number of amidine groups is 1. The Morgan fingerprint density at radius 2 is 1.60 bits per heavy atom. The SMILES string of the molecule is N=C(N)c1ccc(CCc2nc3cc(C(=O)N(CCN)Cc4ccc5ccccc5c4)ccc3n2CCC2CCCCC2)cc1. The second kappa shape index (κ2) is 14.1. The number of nitrogens with two attached hydrogens (primary N) is 2. The number of fused-ring (bicyclic) bond motifs is 2. The second-order valence-corrected chi connectivity index (χ2v) is 12.5. The Kier molecular flexibility index (Phi) is 9.55. The molecule has 0 spiro atoms. The maximum atomic E-state index is 13.9. The molecule has 7 nitrogen and oxygen atoms in total. The Labute approximate surface area is 265 Å². The first kappa shape index (κ1) is 30.5. The zero-order chi connectivity index (χ0) is 31.2. The van der Waals surface area contributed by atoms with E-state index in [9.17, 15) is 4.79 Å². The molecule has 1 aliphatic rings. The number of carbonyl (C=O) groups is 1. The molecule has 7 heteroatoms. The molecule has 0 bridgehead atoms. The number of hydrogen-bond acceptors (Lipinski definition) is 4. The van der Waals surface area contributed by atoms with Crippen molar-refractivity contribution in [3.63, 3.8) is 0 Å². The summed E-state index contributed by atoms with van der Waals surface area (Å²) >= 11 is 0. The zero-order valence-corrected chi connectivity index (χ0v) is 26.1. The van der Waals surface area contributed by atoms with Gasteiger partial charge < -0.3 is 20.9 Å². The van der Waals surface area contributed by atoms with Gasteiger partial charge in [-0.15, -0.1) is 0 Å². The van der Waals surface area contributed by atoms with Crippen LogP contribution in [0.1, 0.15) is 71.4 Å². The van der Waals surface area contributed by atoms with Crippen LogP contribution in [0.5, 0.6) is 0 Å². The average Bonchev–Trinajstić information content (AvgIpc) is 3.43. The van der Waals surface area contributed by atoms with E-state index in [1.165, 1.54) is 43.1 Å². The van der Waals surface area contributed by atoms with Crippen molar-refractivity contribution in [2.75, 3.05) is 13.1 Å². The largest absolute Gasteiger partial charge is 0.384 e. The quantitative estimate of drug-likeness (QED) is 0.108. The summed E-state index contributed by atoms with van der Waals surface area (Å²) in [6.07, 6.45) is 9.45. The van der Waals surface area contributed by atoms with Crippen LogP contribution in [0.25, 0.3) is 21.8 Å². The van der Waals surface area contributed by atoms with Crippen molar-refractivity contribution in [1.29, 1.82) is 5.41 Å². The second-order valence-electron chi connectivity index (χ2n) is 12.5. The van der Waals surface area contributed by atoms with Crippen LogP contribution in [0.2, 0.25) is 0 Å². The minimum absolute atomic E-state index is 0.0284. The third-order valence-corrected chi connectivity index (χ3v) is 9.34. The van der Waals surface area contributed by atoms with Gasteiger partial charge in [-0.25, -0.2) is 4.98 Å². The van der Waals surface area contributed by atoms with Crippen molar-refractivity contribution in [2.45, 2.75) is 64.5 Å². The van der Waals surface area contributed by atoms with Gasteiger partial charge in [-0.05, 0) is 64.9 Å². The van der Waals surface area contributed by atoms with E-state index in [-0.39, 0.29) is 11.7 Å². The summed E-state index contributed by atoms with van der Waals surface area (Å²) < 4.78 is 2.38. The molecule has 6 rings (SSSR count). The Balaban J connectivity index is 1.25. The maximum absolute atomic E-state index is 13.9. The average molecular weight is 601 g/mol. The van der Waals surface area contributed by atoms with Crippen LogP contribution in [0.15, 0.2) is 84.9 Å². The summed E-state index contributed by atoms with van der Waals surface area (Å²) in [5.41, 5.74) is 17.2. The summed E-state index contributed by atoms with van der Waals surface area (Å²) in [4.78, 5) is 20.8. The fourth-order valence-electron chi connectivity index (χ4n) is 6.80. The van der Waals surface area contributed by atoms with Gasteiger partial charge in [0.2, 0.25) is 0 Å². The molecular weight excluding hydrogens is 556 g/mol. The predicted molar refractivity (Wildman–Crippen MR) is 184 cm³/mol. The molecule has 45 heavy (non-hydrogen) atoms. The van der Waals surface area contributed by atoms with Crippen molar-refractivity contribution < 1.29 is 4.79 Å². The Morgan fingerprint density at radius 1 is 0.867 bits per heavy atom. The van der Waals surface area contributed by atoms with Gasteiger partial charge in [0.1, 0.15) is 11.7 Å². The van der Waals surface area contributed by atoms with E-state index in [0.29, 0.717) is 25.2 Å². The zero-order valence-electron chi connectivity index (χ0n) is 26.1. The van der Waals surface area contributed by atoms with Gasteiger partial charge in [-0.3, -0.25) is 10.2 Å². The topological polar surface area (TPSA) is 114 Å². The number of aromatic nitrogens is 2. The predicted octanol–water partition coefficient (Wildman–Crippen LogP) is 6.83. The van der Waals surface area contributed by atoms with Crippen LogP contribution < -0.4 is 11.5 Å². The minimum atomic E-state index is -0.0284. The molecule has 0 aliphatic heterocycles. The Morgan fingerprint density at radius 3 is 2.36 bits per heavy atom. The van der Waals surface area contributed by atoms with E-state index in [1.54, 1.807) is 0 Å². The Bertz CT molecular complexity index is 1780. The minimum Gasteiger partial charge on any atom is -0.384 e. The van der Waals surface area contributed by atoms with Crippen molar-refractivity contribution in [2.24, 2.45) is 17.4 Å². The normalized spacial score (nSPS) is 13.8. The molecule has 1 heterocycles. The summed E-state index contributed by atoms with van der Waals surface area (Å²) in [6, 6.07) is 28.6. The van der Waals surface area contributed by atoms with Gasteiger partial charge in [0, 0.05) is 43.7 Å². The number of rotatable bonds is 12. The molecule has 5 aromatic rings. The molecule has 0 atom stereocenters. The fourth-order valence-corrected chi connectivity index (χ4v) is 6.80. The maximum Gasteiger partial charge on any atom is 0.254 e. The first-order valence-electron chi connectivity index (χ1n) is 16.4. The number of hydrogen-bond donors (Lipinski definition) is 3. The van der Waals surface area contributed by atoms with Crippen LogP contribution in [-0.2, 0) is 25.9 Å². The van der Waals surface area contributed by atoms with Crippen molar-refractivity contribution >= 4 is 33.5 Å². The highest BCUT2D eigenvalue weighted by atomic mass is 16.2. The number of aryl methyl sites for hydroxylation is 3. The van der Waals surface area contributed by atoms with Crippen LogP contribution in [0.3, 0.4) is 0 Å². The van der Waals surface area contributed by atoms with Crippen molar-refractivity contribution in [3.05, 3.63) is 113 Å². The van der Waals surface area contributed by atoms with Crippen molar-refractivity contribution in [1.82, 2.24) is 14.5 Å². The molecule has 0 saturated heterocycles. The third-order valence-electron chi connectivity index (χ3n) is 9.34. The fraction of sp³-hybridized carbons (Fsp3) is 0.342. The highest BCUT2D eigenvalue weighted by Crippen LogP contribution is 2.29. The molecule has 1 amide bonds. The van der Waals surface area contributed by atoms with Crippen LogP contribution in [0.4, 0.5) is 0 Å². The first-order chi connectivity index (χ1) is 22.0. The molecule has 1 saturated carbocycles. The molecule has 1 aromatic heterocycles. The monoisotopic (exact) mass is 600 g/mol. The molecule has 1 fully saturated rings.